The highest BCUT2D eigenvalue weighted by molar-refractivity contribution is 5.75. The van der Waals surface area contributed by atoms with Crippen LogP contribution in [0.2, 0.25) is 0 Å². The highest BCUT2D eigenvalue weighted by Crippen LogP contribution is 2.35. The van der Waals surface area contributed by atoms with Gasteiger partial charge < -0.3 is 19.9 Å². The molecule has 8 nitrogen and oxygen atoms in total. The number of carbonyl (C=O) groups is 1. The van der Waals surface area contributed by atoms with Crippen LogP contribution in [0.1, 0.15) is 6.92 Å². The van der Waals surface area contributed by atoms with Crippen LogP contribution in [0, 0.1) is 15.9 Å². The van der Waals surface area contributed by atoms with Crippen LogP contribution in [0.15, 0.2) is 12.1 Å². The second-order valence-corrected chi connectivity index (χ2v) is 5.04. The number of nitrogens with zero attached hydrogens (tertiary/aromatic N) is 3. The Morgan fingerprint density at radius 2 is 2.04 bits per heavy atom. The molecule has 1 aromatic rings. The maximum Gasteiger partial charge on any atom is 0.328 e. The van der Waals surface area contributed by atoms with Gasteiger partial charge in [-0.15, -0.1) is 0 Å². The van der Waals surface area contributed by atoms with Gasteiger partial charge in [-0.25, -0.2) is 4.79 Å². The number of anilines is 1. The second kappa shape index (κ2) is 7.12. The fourth-order valence-electron chi connectivity index (χ4n) is 2.51. The molecule has 0 bridgehead atoms. The Hall–Kier alpha value is -2.58. The number of amides is 2. The third-order valence-corrected chi connectivity index (χ3v) is 3.67. The number of nitro groups is 1. The summed E-state index contributed by atoms with van der Waals surface area (Å²) in [7, 11) is 1.37. The van der Waals surface area contributed by atoms with Crippen LogP contribution < -0.4 is 15.0 Å². The van der Waals surface area contributed by atoms with E-state index in [0.29, 0.717) is 32.7 Å². The van der Waals surface area contributed by atoms with Crippen molar-refractivity contribution in [1.29, 1.82) is 0 Å². The van der Waals surface area contributed by atoms with Gasteiger partial charge in [0.25, 0.3) is 0 Å². The summed E-state index contributed by atoms with van der Waals surface area (Å²) in [6, 6.07) is 2.27. The van der Waals surface area contributed by atoms with Crippen LogP contribution in [-0.2, 0) is 0 Å². The molecule has 9 heteroatoms. The summed E-state index contributed by atoms with van der Waals surface area (Å²) >= 11 is 0. The Bertz CT molecular complexity index is 603. The van der Waals surface area contributed by atoms with Gasteiger partial charge in [-0.2, -0.15) is 4.39 Å². The number of nitrogens with one attached hydrogen (secondary N) is 1. The van der Waals surface area contributed by atoms with Crippen molar-refractivity contribution in [2.45, 2.75) is 6.92 Å². The molecule has 0 aromatic heterocycles. The summed E-state index contributed by atoms with van der Waals surface area (Å²) in [5.41, 5.74) is -0.403. The lowest BCUT2D eigenvalue weighted by Gasteiger charge is -2.35. The molecule has 1 aromatic carbocycles. The van der Waals surface area contributed by atoms with Gasteiger partial charge in [0, 0.05) is 44.9 Å². The molecule has 1 heterocycles. The fraction of sp³-hybridized carbons (Fsp3) is 0.500. The van der Waals surface area contributed by atoms with Crippen molar-refractivity contribution < 1.29 is 18.8 Å². The molecule has 0 unspecified atom stereocenters. The summed E-state index contributed by atoms with van der Waals surface area (Å²) in [5, 5.41) is 13.9. The number of urea groups is 1. The van der Waals surface area contributed by atoms with Crippen LogP contribution in [0.25, 0.3) is 0 Å². The van der Waals surface area contributed by atoms with Crippen molar-refractivity contribution in [2.24, 2.45) is 0 Å². The van der Waals surface area contributed by atoms with Crippen molar-refractivity contribution >= 4 is 17.4 Å². The van der Waals surface area contributed by atoms with Crippen molar-refractivity contribution in [3.05, 3.63) is 28.1 Å². The predicted molar refractivity (Wildman–Crippen MR) is 82.5 cm³/mol. The minimum absolute atomic E-state index is 0.168. The molecule has 0 aliphatic carbocycles. The van der Waals surface area contributed by atoms with Gasteiger partial charge >= 0.3 is 11.7 Å². The molecule has 2 amide bonds. The maximum absolute atomic E-state index is 14.0. The summed E-state index contributed by atoms with van der Waals surface area (Å²) in [4.78, 5) is 25.5. The number of hydrogen-bond donors (Lipinski definition) is 1. The van der Waals surface area contributed by atoms with Crippen LogP contribution in [0.5, 0.6) is 5.75 Å². The van der Waals surface area contributed by atoms with E-state index < -0.39 is 16.4 Å². The van der Waals surface area contributed by atoms with Gasteiger partial charge in [0.15, 0.2) is 0 Å². The molecule has 0 atom stereocenters. The summed E-state index contributed by atoms with van der Waals surface area (Å²) in [6.07, 6.45) is 0. The van der Waals surface area contributed by atoms with Gasteiger partial charge in [0.2, 0.25) is 5.82 Å². The van der Waals surface area contributed by atoms with Crippen molar-refractivity contribution in [3.8, 4) is 5.75 Å². The van der Waals surface area contributed by atoms with E-state index in [-0.39, 0.29) is 17.5 Å². The molecule has 23 heavy (non-hydrogen) atoms. The lowest BCUT2D eigenvalue weighted by molar-refractivity contribution is -0.386. The van der Waals surface area contributed by atoms with Gasteiger partial charge in [-0.05, 0) is 6.92 Å². The summed E-state index contributed by atoms with van der Waals surface area (Å²) in [6.45, 7) is 3.93. The molecule has 0 spiro atoms. The molecular formula is C14H19FN4O4. The van der Waals surface area contributed by atoms with E-state index in [1.54, 1.807) is 9.80 Å². The van der Waals surface area contributed by atoms with Crippen molar-refractivity contribution in [3.63, 3.8) is 0 Å². The number of benzene rings is 1. The third-order valence-electron chi connectivity index (χ3n) is 3.67. The van der Waals surface area contributed by atoms with Gasteiger partial charge in [-0.1, -0.05) is 0 Å². The molecule has 0 radical (unpaired) electrons. The maximum atomic E-state index is 14.0. The quantitative estimate of drug-likeness (QED) is 0.670. The highest BCUT2D eigenvalue weighted by atomic mass is 19.1. The third kappa shape index (κ3) is 3.61. The lowest BCUT2D eigenvalue weighted by Crippen LogP contribution is -2.52. The molecule has 1 aliphatic heterocycles. The van der Waals surface area contributed by atoms with Crippen LogP contribution >= 0.6 is 0 Å². The van der Waals surface area contributed by atoms with Crippen LogP contribution in [-0.4, -0.2) is 55.7 Å². The van der Waals surface area contributed by atoms with Gasteiger partial charge in [0.1, 0.15) is 11.4 Å². The zero-order valence-corrected chi connectivity index (χ0v) is 13.0. The molecular weight excluding hydrogens is 307 g/mol. The number of methoxy groups -OCH3 is 1. The van der Waals surface area contributed by atoms with E-state index in [4.69, 9.17) is 4.74 Å². The number of piperazine rings is 1. The zero-order valence-electron chi connectivity index (χ0n) is 13.0. The van der Waals surface area contributed by atoms with Gasteiger partial charge in [0.05, 0.1) is 12.0 Å². The second-order valence-electron chi connectivity index (χ2n) is 5.04. The topological polar surface area (TPSA) is 88.0 Å². The van der Waals surface area contributed by atoms with E-state index in [2.05, 4.69) is 5.32 Å². The Labute approximate surface area is 133 Å². The molecule has 126 valence electrons. The van der Waals surface area contributed by atoms with E-state index in [1.165, 1.54) is 13.2 Å². The highest BCUT2D eigenvalue weighted by Gasteiger charge is 2.29. The summed E-state index contributed by atoms with van der Waals surface area (Å²) < 4.78 is 19.0. The first kappa shape index (κ1) is 16.8. The normalized spacial score (nSPS) is 14.6. The number of halogens is 1. The van der Waals surface area contributed by atoms with Crippen LogP contribution in [0.4, 0.5) is 20.6 Å². The molecule has 1 aliphatic rings. The SMILES string of the molecule is CCNC(=O)N1CCN(c2cc(OC)cc(F)c2[N+](=O)[O-])CC1. The first-order valence-electron chi connectivity index (χ1n) is 7.27. The van der Waals surface area contributed by atoms with E-state index in [0.717, 1.165) is 6.07 Å². The minimum Gasteiger partial charge on any atom is -0.497 e. The first-order chi connectivity index (χ1) is 11.0. The average Bonchev–Trinajstić information content (AvgIpc) is 2.54. The van der Waals surface area contributed by atoms with Crippen molar-refractivity contribution in [1.82, 2.24) is 10.2 Å². The Morgan fingerprint density at radius 3 is 2.57 bits per heavy atom. The molecule has 1 N–H and O–H groups in total. The molecule has 0 saturated carbocycles. The Kier molecular flexibility index (Phi) is 5.20. The molecule has 2 rings (SSSR count). The van der Waals surface area contributed by atoms with Gasteiger partial charge in [-0.3, -0.25) is 10.1 Å². The van der Waals surface area contributed by atoms with E-state index in [9.17, 15) is 19.3 Å². The molecule has 1 saturated heterocycles. The van der Waals surface area contributed by atoms with Crippen molar-refractivity contribution in [2.75, 3.05) is 44.7 Å². The number of ether oxygens (including phenoxy) is 1. The predicted octanol–water partition coefficient (Wildman–Crippen LogP) is 1.59. The number of carbonyl (C=O) groups excluding carboxylic acids is 1. The zero-order chi connectivity index (χ0) is 17.0. The Morgan fingerprint density at radius 1 is 1.39 bits per heavy atom. The lowest BCUT2D eigenvalue weighted by atomic mass is 10.2. The van der Waals surface area contributed by atoms with E-state index >= 15 is 0 Å². The minimum atomic E-state index is -0.935. The fourth-order valence-corrected chi connectivity index (χ4v) is 2.51. The summed E-state index contributed by atoms with van der Waals surface area (Å²) in [5.74, 6) is -0.718. The monoisotopic (exact) mass is 326 g/mol. The smallest absolute Gasteiger partial charge is 0.328 e. The largest absolute Gasteiger partial charge is 0.497 e. The average molecular weight is 326 g/mol. The number of nitro benzene ring substituents is 1. The van der Waals surface area contributed by atoms with Crippen LogP contribution in [0.3, 0.4) is 0 Å². The first-order valence-corrected chi connectivity index (χ1v) is 7.27. The Balaban J connectivity index is 2.21. The standard InChI is InChI=1S/C14H19FN4O4/c1-3-16-14(20)18-6-4-17(5-7-18)12-9-10(23-2)8-11(15)13(12)19(21)22/h8-9H,3-7H2,1-2H3,(H,16,20). The number of hydrogen-bond acceptors (Lipinski definition) is 5. The molecule has 1 fully saturated rings. The number of rotatable bonds is 4. The van der Waals surface area contributed by atoms with E-state index in [1.807, 2.05) is 6.92 Å².